The van der Waals surface area contributed by atoms with Crippen LogP contribution in [0.15, 0.2) is 12.5 Å². The first-order chi connectivity index (χ1) is 7.27. The summed E-state index contributed by atoms with van der Waals surface area (Å²) in [5.41, 5.74) is 6.73. The van der Waals surface area contributed by atoms with Crippen molar-refractivity contribution >= 4 is 39.4 Å². The lowest BCUT2D eigenvalue weighted by Gasteiger charge is -2.27. The number of fused-ring (bicyclic) bond motifs is 1. The molecule has 15 heavy (non-hydrogen) atoms. The van der Waals surface area contributed by atoms with Crippen LogP contribution in [-0.4, -0.2) is 27.7 Å². The Balaban J connectivity index is 2.27. The van der Waals surface area contributed by atoms with E-state index in [-0.39, 0.29) is 0 Å². The van der Waals surface area contributed by atoms with Gasteiger partial charge in [0.15, 0.2) is 0 Å². The minimum Gasteiger partial charge on any atom is -0.383 e. The van der Waals surface area contributed by atoms with Crippen LogP contribution in [0.1, 0.15) is 6.04 Å². The lowest BCUT2D eigenvalue weighted by Crippen LogP contribution is -2.30. The molecule has 1 fully saturated rings. The first kappa shape index (κ1) is 9.34. The Morgan fingerprint density at radius 2 is 2.27 bits per heavy atom. The summed E-state index contributed by atoms with van der Waals surface area (Å²) in [6.45, 7) is 1.51. The van der Waals surface area contributed by atoms with Crippen LogP contribution in [-0.2, 0) is 4.74 Å². The Morgan fingerprint density at radius 3 is 2.93 bits per heavy atom. The van der Waals surface area contributed by atoms with Crippen LogP contribution >= 0.6 is 22.6 Å². The van der Waals surface area contributed by atoms with Gasteiger partial charge in [0, 0.05) is 9.77 Å². The molecule has 0 aromatic carbocycles. The van der Waals surface area contributed by atoms with Gasteiger partial charge in [0.25, 0.3) is 0 Å². The molecule has 0 spiro atoms. The zero-order chi connectivity index (χ0) is 10.4. The smallest absolute Gasteiger partial charge is 0.146 e. The van der Waals surface area contributed by atoms with Crippen molar-refractivity contribution in [3.8, 4) is 0 Å². The molecule has 0 saturated carbocycles. The summed E-state index contributed by atoms with van der Waals surface area (Å²) in [4.78, 5) is 8.28. The molecule has 1 aliphatic rings. The van der Waals surface area contributed by atoms with Crippen molar-refractivity contribution in [1.82, 2.24) is 14.5 Å². The summed E-state index contributed by atoms with van der Waals surface area (Å²) < 4.78 is 8.39. The van der Waals surface area contributed by atoms with Gasteiger partial charge in [-0.15, -0.1) is 0 Å². The van der Waals surface area contributed by atoms with Gasteiger partial charge in [-0.3, -0.25) is 0 Å². The summed E-state index contributed by atoms with van der Waals surface area (Å²) >= 11 is 2.26. The van der Waals surface area contributed by atoms with Crippen molar-refractivity contribution in [3.63, 3.8) is 0 Å². The van der Waals surface area contributed by atoms with Crippen LogP contribution in [0, 0.1) is 3.57 Å². The Kier molecular flexibility index (Phi) is 2.06. The Labute approximate surface area is 99.8 Å². The van der Waals surface area contributed by atoms with Gasteiger partial charge in [0.2, 0.25) is 0 Å². The molecule has 3 heterocycles. The van der Waals surface area contributed by atoms with Gasteiger partial charge in [0.05, 0.1) is 24.6 Å². The van der Waals surface area contributed by atoms with Gasteiger partial charge in [0.1, 0.15) is 17.8 Å². The maximum absolute atomic E-state index is 5.83. The second-order valence-corrected chi connectivity index (χ2v) is 4.70. The standard InChI is InChI=1S/C9H9IN4O/c10-6-1-14(5-2-15-3-5)9-7(6)8(11)12-4-13-9/h1,4-5H,2-3H2,(H2,11,12,13). The van der Waals surface area contributed by atoms with E-state index in [9.17, 15) is 0 Å². The van der Waals surface area contributed by atoms with Crippen LogP contribution < -0.4 is 5.73 Å². The molecule has 0 amide bonds. The van der Waals surface area contributed by atoms with E-state index in [1.807, 2.05) is 0 Å². The molecule has 2 aromatic rings. The predicted molar refractivity (Wildman–Crippen MR) is 64.5 cm³/mol. The molecular formula is C9H9IN4O. The SMILES string of the molecule is Nc1ncnc2c1c(I)cn2C1COC1. The predicted octanol–water partition coefficient (Wildman–Crippen LogP) is 1.19. The molecule has 0 bridgehead atoms. The number of hydrogen-bond donors (Lipinski definition) is 1. The molecule has 2 aromatic heterocycles. The highest BCUT2D eigenvalue weighted by molar-refractivity contribution is 14.1. The third-order valence-electron chi connectivity index (χ3n) is 2.61. The van der Waals surface area contributed by atoms with E-state index in [0.29, 0.717) is 11.9 Å². The fourth-order valence-corrected chi connectivity index (χ4v) is 2.54. The minimum absolute atomic E-state index is 0.394. The van der Waals surface area contributed by atoms with Crippen molar-refractivity contribution in [2.45, 2.75) is 6.04 Å². The van der Waals surface area contributed by atoms with Gasteiger partial charge in [-0.2, -0.15) is 0 Å². The van der Waals surface area contributed by atoms with Crippen LogP contribution in [0.25, 0.3) is 11.0 Å². The van der Waals surface area contributed by atoms with E-state index in [1.165, 1.54) is 6.33 Å². The molecule has 5 nitrogen and oxygen atoms in total. The lowest BCUT2D eigenvalue weighted by atomic mass is 10.2. The lowest BCUT2D eigenvalue weighted by molar-refractivity contribution is -0.0216. The maximum Gasteiger partial charge on any atom is 0.146 e. The highest BCUT2D eigenvalue weighted by Crippen LogP contribution is 2.29. The molecule has 0 aliphatic carbocycles. The number of nitrogen functional groups attached to an aromatic ring is 1. The number of anilines is 1. The largest absolute Gasteiger partial charge is 0.383 e. The van der Waals surface area contributed by atoms with Crippen molar-refractivity contribution in [2.75, 3.05) is 18.9 Å². The summed E-state index contributed by atoms with van der Waals surface area (Å²) in [6.07, 6.45) is 3.56. The van der Waals surface area contributed by atoms with E-state index in [4.69, 9.17) is 10.5 Å². The van der Waals surface area contributed by atoms with Crippen LogP contribution in [0.5, 0.6) is 0 Å². The van der Waals surface area contributed by atoms with E-state index in [1.54, 1.807) is 0 Å². The number of nitrogens with zero attached hydrogens (tertiary/aromatic N) is 3. The number of ether oxygens (including phenoxy) is 1. The Hall–Kier alpha value is -0.890. The van der Waals surface area contributed by atoms with Crippen molar-refractivity contribution in [3.05, 3.63) is 16.1 Å². The zero-order valence-electron chi connectivity index (χ0n) is 7.85. The normalized spacial score (nSPS) is 16.9. The van der Waals surface area contributed by atoms with Crippen LogP contribution in [0.4, 0.5) is 5.82 Å². The summed E-state index contributed by atoms with van der Waals surface area (Å²) in [5.74, 6) is 0.545. The molecular weight excluding hydrogens is 307 g/mol. The monoisotopic (exact) mass is 316 g/mol. The van der Waals surface area contributed by atoms with Gasteiger partial charge >= 0.3 is 0 Å². The van der Waals surface area contributed by atoms with E-state index in [0.717, 1.165) is 27.8 Å². The Morgan fingerprint density at radius 1 is 1.47 bits per heavy atom. The summed E-state index contributed by atoms with van der Waals surface area (Å²) in [5, 5.41) is 0.949. The fraction of sp³-hybridized carbons (Fsp3) is 0.333. The van der Waals surface area contributed by atoms with Crippen LogP contribution in [0.3, 0.4) is 0 Å². The summed E-state index contributed by atoms with van der Waals surface area (Å²) in [6, 6.07) is 0.394. The molecule has 3 rings (SSSR count). The van der Waals surface area contributed by atoms with E-state index >= 15 is 0 Å². The number of hydrogen-bond acceptors (Lipinski definition) is 4. The van der Waals surface area contributed by atoms with Crippen LogP contribution in [0.2, 0.25) is 0 Å². The van der Waals surface area contributed by atoms with E-state index < -0.39 is 0 Å². The Bertz CT molecular complexity index is 520. The molecule has 0 radical (unpaired) electrons. The van der Waals surface area contributed by atoms with Crippen molar-refractivity contribution in [1.29, 1.82) is 0 Å². The van der Waals surface area contributed by atoms with Crippen molar-refractivity contribution < 1.29 is 4.74 Å². The first-order valence-corrected chi connectivity index (χ1v) is 5.69. The summed E-state index contributed by atoms with van der Waals surface area (Å²) in [7, 11) is 0. The fourth-order valence-electron chi connectivity index (χ4n) is 1.72. The average Bonchev–Trinajstić information content (AvgIpc) is 2.43. The highest BCUT2D eigenvalue weighted by Gasteiger charge is 2.24. The number of rotatable bonds is 1. The minimum atomic E-state index is 0.394. The van der Waals surface area contributed by atoms with Gasteiger partial charge < -0.3 is 15.0 Å². The second-order valence-electron chi connectivity index (χ2n) is 3.53. The molecule has 1 aliphatic heterocycles. The third-order valence-corrected chi connectivity index (χ3v) is 3.42. The molecule has 0 unspecified atom stereocenters. The second kappa shape index (κ2) is 3.31. The zero-order valence-corrected chi connectivity index (χ0v) is 10.0. The van der Waals surface area contributed by atoms with Gasteiger partial charge in [-0.05, 0) is 22.6 Å². The topological polar surface area (TPSA) is 66.0 Å². The first-order valence-electron chi connectivity index (χ1n) is 4.61. The van der Waals surface area contributed by atoms with E-state index in [2.05, 4.69) is 43.3 Å². The number of nitrogens with two attached hydrogens (primary N) is 1. The van der Waals surface area contributed by atoms with Gasteiger partial charge in [-0.1, -0.05) is 0 Å². The number of aromatic nitrogens is 3. The van der Waals surface area contributed by atoms with Gasteiger partial charge in [-0.25, -0.2) is 9.97 Å². The molecule has 2 N–H and O–H groups in total. The quantitative estimate of drug-likeness (QED) is 0.803. The molecule has 1 saturated heterocycles. The molecule has 0 atom stereocenters. The third kappa shape index (κ3) is 1.31. The molecule has 78 valence electrons. The molecule has 6 heteroatoms. The number of halogens is 1. The average molecular weight is 316 g/mol. The van der Waals surface area contributed by atoms with Crippen molar-refractivity contribution in [2.24, 2.45) is 0 Å². The maximum atomic E-state index is 5.83. The highest BCUT2D eigenvalue weighted by atomic mass is 127.